The van der Waals surface area contributed by atoms with Gasteiger partial charge in [-0.15, -0.1) is 0 Å². The van der Waals surface area contributed by atoms with Crippen LogP contribution in [0.4, 0.5) is 10.2 Å². The zero-order valence-electron chi connectivity index (χ0n) is 11.6. The van der Waals surface area contributed by atoms with Crippen molar-refractivity contribution < 1.29 is 9.22 Å². The highest BCUT2D eigenvalue weighted by Crippen LogP contribution is 2.22. The van der Waals surface area contributed by atoms with E-state index >= 15 is 0 Å². The van der Waals surface area contributed by atoms with Gasteiger partial charge in [-0.05, 0) is 19.1 Å². The number of nitrogens with zero attached hydrogens (tertiary/aromatic N) is 2. The summed E-state index contributed by atoms with van der Waals surface area (Å²) in [5.74, 6) is -0.526. The molecule has 2 rings (SSSR count). The average molecular weight is 314 g/mol. The van der Waals surface area contributed by atoms with Crippen molar-refractivity contribution in [3.8, 4) is 0 Å². The zero-order valence-corrected chi connectivity index (χ0v) is 12.3. The van der Waals surface area contributed by atoms with E-state index in [9.17, 15) is 4.48 Å². The maximum Gasteiger partial charge on any atom is 0.176 e. The molecule has 1 fully saturated rings. The topological polar surface area (TPSA) is 87.3 Å². The molecule has 114 valence electrons. The summed E-state index contributed by atoms with van der Waals surface area (Å²) in [6.45, 7) is 3.60. The summed E-state index contributed by atoms with van der Waals surface area (Å²) in [5, 5.41) is 10.8. The maximum atomic E-state index is 14.1. The third-order valence-corrected chi connectivity index (χ3v) is 3.48. The maximum absolute atomic E-state index is 14.1. The highest BCUT2D eigenvalue weighted by molar-refractivity contribution is 6.44. The second-order valence-corrected chi connectivity index (χ2v) is 5.01. The van der Waals surface area contributed by atoms with E-state index in [1.807, 2.05) is 0 Å². The van der Waals surface area contributed by atoms with Crippen molar-refractivity contribution in [2.45, 2.75) is 13.0 Å². The van der Waals surface area contributed by atoms with E-state index in [2.05, 4.69) is 10.3 Å². The number of aromatic nitrogens is 1. The number of ether oxygens (including phenoxy) is 1. The number of anilines is 1. The average Bonchev–Trinajstić information content (AvgIpc) is 2.53. The minimum absolute atomic E-state index is 0.104. The molecular weight excluding hydrogens is 297 g/mol. The largest absolute Gasteiger partial charge is 0.401 e. The first-order valence-corrected chi connectivity index (χ1v) is 6.83. The van der Waals surface area contributed by atoms with Crippen molar-refractivity contribution >= 4 is 23.1 Å². The number of morpholine rings is 1. The van der Waals surface area contributed by atoms with Crippen molar-refractivity contribution in [1.82, 2.24) is 10.3 Å². The number of rotatable bonds is 3. The quantitative estimate of drug-likeness (QED) is 0.450. The van der Waals surface area contributed by atoms with Crippen LogP contribution in [-0.2, 0) is 4.74 Å². The Morgan fingerprint density at radius 3 is 2.90 bits per heavy atom. The molecule has 1 unspecified atom stereocenters. The lowest BCUT2D eigenvalue weighted by molar-refractivity contribution is 0.0250. The van der Waals surface area contributed by atoms with E-state index in [-0.39, 0.29) is 27.6 Å². The number of hydrogen-bond donors (Lipinski definition) is 3. The van der Waals surface area contributed by atoms with Crippen LogP contribution in [0.15, 0.2) is 29.1 Å². The molecule has 1 aliphatic heterocycles. The molecule has 6 nitrogen and oxygen atoms in total. The fourth-order valence-electron chi connectivity index (χ4n) is 1.86. The summed E-state index contributed by atoms with van der Waals surface area (Å²) in [7, 11) is 0. The third kappa shape index (κ3) is 3.69. The number of halogens is 2. The van der Waals surface area contributed by atoms with Crippen LogP contribution in [0.5, 0.6) is 0 Å². The van der Waals surface area contributed by atoms with Crippen molar-refractivity contribution in [3.63, 3.8) is 0 Å². The van der Waals surface area contributed by atoms with Gasteiger partial charge in [-0.2, -0.15) is 5.12 Å². The summed E-state index contributed by atoms with van der Waals surface area (Å²) in [5.41, 5.74) is 6.44. The van der Waals surface area contributed by atoms with Crippen LogP contribution in [-0.4, -0.2) is 30.5 Å². The standard InChI is InChI=1S/C13H17ClFN5O/c1-8(16)12(14)13(17)20(15)9-2-3-10(19-6-9)11-7-18-4-5-21-11/h2-3,6,11,17-18H,4-5,7,16H2,1H3. The summed E-state index contributed by atoms with van der Waals surface area (Å²) < 4.78 is 19.6. The highest BCUT2D eigenvalue weighted by atomic mass is 35.5. The molecular formula is C13H17ClFN5O. The molecule has 0 bridgehead atoms. The first-order chi connectivity index (χ1) is 10.0. The number of nitrogens with two attached hydrogens (primary N) is 1. The van der Waals surface area contributed by atoms with Gasteiger partial charge in [-0.25, -0.2) is 0 Å². The third-order valence-electron chi connectivity index (χ3n) is 3.01. The van der Waals surface area contributed by atoms with E-state index in [0.717, 1.165) is 6.54 Å². The number of allylic oxidation sites excluding steroid dienone is 1. The molecule has 1 atom stereocenters. The molecule has 8 heteroatoms. The lowest BCUT2D eigenvalue weighted by Gasteiger charge is -2.23. The predicted molar refractivity (Wildman–Crippen MR) is 79.9 cm³/mol. The molecule has 0 spiro atoms. The van der Waals surface area contributed by atoms with E-state index in [0.29, 0.717) is 18.8 Å². The fraction of sp³-hybridized carbons (Fsp3) is 0.385. The minimum atomic E-state index is -0.526. The number of hydrogen-bond acceptors (Lipinski definition) is 5. The van der Waals surface area contributed by atoms with Gasteiger partial charge in [0.15, 0.2) is 5.84 Å². The normalized spacial score (nSPS) is 19.9. The highest BCUT2D eigenvalue weighted by Gasteiger charge is 2.19. The number of pyridine rings is 1. The van der Waals surface area contributed by atoms with Crippen molar-refractivity contribution in [1.29, 1.82) is 5.41 Å². The van der Waals surface area contributed by atoms with Gasteiger partial charge >= 0.3 is 0 Å². The van der Waals surface area contributed by atoms with Crippen LogP contribution in [0.2, 0.25) is 0 Å². The van der Waals surface area contributed by atoms with Crippen molar-refractivity contribution in [2.24, 2.45) is 5.73 Å². The molecule has 2 heterocycles. The lowest BCUT2D eigenvalue weighted by Crippen LogP contribution is -2.33. The van der Waals surface area contributed by atoms with Crippen molar-refractivity contribution in [3.05, 3.63) is 34.8 Å². The van der Waals surface area contributed by atoms with Crippen LogP contribution in [0.3, 0.4) is 0 Å². The van der Waals surface area contributed by atoms with Gasteiger partial charge in [0.05, 0.1) is 24.2 Å². The molecule has 0 amide bonds. The Hall–Kier alpha value is -1.70. The van der Waals surface area contributed by atoms with Gasteiger partial charge < -0.3 is 15.8 Å². The monoisotopic (exact) mass is 313 g/mol. The molecule has 4 N–H and O–H groups in total. The summed E-state index contributed by atoms with van der Waals surface area (Å²) in [4.78, 5) is 4.18. The van der Waals surface area contributed by atoms with Crippen LogP contribution in [0.25, 0.3) is 0 Å². The van der Waals surface area contributed by atoms with Crippen molar-refractivity contribution in [2.75, 3.05) is 24.8 Å². The molecule has 1 aromatic heterocycles. The van der Waals surface area contributed by atoms with Gasteiger partial charge in [0, 0.05) is 18.8 Å². The van der Waals surface area contributed by atoms with Crippen LogP contribution in [0, 0.1) is 5.41 Å². The molecule has 1 saturated heterocycles. The second-order valence-electron chi connectivity index (χ2n) is 4.63. The summed E-state index contributed by atoms with van der Waals surface area (Å²) in [6.07, 6.45) is 1.19. The Labute approximate surface area is 127 Å². The fourth-order valence-corrected chi connectivity index (χ4v) is 1.94. The second kappa shape index (κ2) is 6.84. The number of nitrogens with one attached hydrogen (secondary N) is 2. The molecule has 0 aliphatic carbocycles. The molecule has 1 aliphatic rings. The summed E-state index contributed by atoms with van der Waals surface area (Å²) in [6, 6.07) is 3.19. The first kappa shape index (κ1) is 15.7. The molecule has 0 saturated carbocycles. The molecule has 21 heavy (non-hydrogen) atoms. The predicted octanol–water partition coefficient (Wildman–Crippen LogP) is 1.84. The van der Waals surface area contributed by atoms with Gasteiger partial charge in [-0.3, -0.25) is 10.4 Å². The SMILES string of the molecule is CC(N)=C(Cl)C(=N)N(F)c1ccc(C2CNCCO2)nc1. The summed E-state index contributed by atoms with van der Waals surface area (Å²) >= 11 is 5.76. The van der Waals surface area contributed by atoms with E-state index in [4.69, 9.17) is 27.5 Å². The van der Waals surface area contributed by atoms with Gasteiger partial charge in [0.1, 0.15) is 11.1 Å². The van der Waals surface area contributed by atoms with Gasteiger partial charge in [-0.1, -0.05) is 16.1 Å². The Morgan fingerprint density at radius 1 is 1.62 bits per heavy atom. The lowest BCUT2D eigenvalue weighted by atomic mass is 10.2. The molecule has 0 radical (unpaired) electrons. The van der Waals surface area contributed by atoms with Gasteiger partial charge in [0.2, 0.25) is 0 Å². The van der Waals surface area contributed by atoms with E-state index in [1.165, 1.54) is 19.2 Å². The van der Waals surface area contributed by atoms with Crippen LogP contribution in [0.1, 0.15) is 18.7 Å². The van der Waals surface area contributed by atoms with Gasteiger partial charge in [0.25, 0.3) is 0 Å². The Bertz CT molecular complexity index is 538. The van der Waals surface area contributed by atoms with E-state index in [1.54, 1.807) is 6.07 Å². The Kier molecular flexibility index (Phi) is 5.11. The van der Waals surface area contributed by atoms with Crippen LogP contribution >= 0.6 is 11.6 Å². The zero-order chi connectivity index (χ0) is 15.4. The first-order valence-electron chi connectivity index (χ1n) is 6.45. The van der Waals surface area contributed by atoms with E-state index < -0.39 is 5.84 Å². The minimum Gasteiger partial charge on any atom is -0.401 e. The van der Waals surface area contributed by atoms with Crippen LogP contribution < -0.4 is 16.2 Å². The Morgan fingerprint density at radius 2 is 2.38 bits per heavy atom. The molecule has 1 aromatic rings. The smallest absolute Gasteiger partial charge is 0.176 e. The molecule has 0 aromatic carbocycles. The Balaban J connectivity index is 2.11. The number of amidine groups is 1.